The zero-order valence-electron chi connectivity index (χ0n) is 6.83. The Kier molecular flexibility index (Phi) is 1.46. The Morgan fingerprint density at radius 3 is 3.09 bits per heavy atom. The van der Waals surface area contributed by atoms with Crippen LogP contribution in [0.2, 0.25) is 5.31 Å². The van der Waals surface area contributed by atoms with Gasteiger partial charge in [0, 0.05) is 6.54 Å². The van der Waals surface area contributed by atoms with Crippen molar-refractivity contribution in [3.05, 3.63) is 24.3 Å². The van der Waals surface area contributed by atoms with E-state index in [0.29, 0.717) is 5.92 Å². The molecule has 0 aromatic carbocycles. The molecule has 56 valence electrons. The lowest BCUT2D eigenvalue weighted by Crippen LogP contribution is -2.20. The molecule has 2 unspecified atom stereocenters. The first-order valence-electron chi connectivity index (χ1n) is 4.04. The smallest absolute Gasteiger partial charge is 0.0828 e. The highest BCUT2D eigenvalue weighted by Gasteiger charge is 2.38. The maximum Gasteiger partial charge on any atom is 0.0828 e. The highest BCUT2D eigenvalue weighted by atomic mass is 15.1. The fraction of sp³-hybridized carbons (Fsp3) is 0.556. The molecule has 2 atom stereocenters. The zero-order valence-corrected chi connectivity index (χ0v) is 6.83. The van der Waals surface area contributed by atoms with Gasteiger partial charge >= 0.3 is 0 Å². The summed E-state index contributed by atoms with van der Waals surface area (Å²) in [4.78, 5) is 2.28. The van der Waals surface area contributed by atoms with Gasteiger partial charge in [0.15, 0.2) is 0 Å². The third kappa shape index (κ3) is 1.06. The van der Waals surface area contributed by atoms with Crippen LogP contribution in [0.25, 0.3) is 0 Å². The average Bonchev–Trinajstić information content (AvgIpc) is 2.22. The molecule has 1 saturated heterocycles. The Bertz CT molecular complexity index is 222. The van der Waals surface area contributed by atoms with Crippen molar-refractivity contribution >= 4 is 7.85 Å². The van der Waals surface area contributed by atoms with Crippen LogP contribution in [-0.4, -0.2) is 32.9 Å². The molecule has 0 saturated carbocycles. The van der Waals surface area contributed by atoms with Gasteiger partial charge in [-0.2, -0.15) is 0 Å². The first-order valence-corrected chi connectivity index (χ1v) is 4.04. The Hall–Kier alpha value is -0.495. The fourth-order valence-corrected chi connectivity index (χ4v) is 2.00. The number of nitrogens with zero attached hydrogens (tertiary/aromatic N) is 1. The number of allylic oxidation sites excluding steroid dienone is 2. The van der Waals surface area contributed by atoms with Crippen LogP contribution in [0, 0.1) is 5.92 Å². The highest BCUT2D eigenvalue weighted by molar-refractivity contribution is 6.17. The summed E-state index contributed by atoms with van der Waals surface area (Å²) in [6.45, 7) is 2.08. The lowest BCUT2D eigenvalue weighted by molar-refractivity contribution is 0.405. The molecule has 2 radical (unpaired) electrons. The number of hydrogen-bond acceptors (Lipinski definition) is 1. The van der Waals surface area contributed by atoms with Crippen molar-refractivity contribution in [2.24, 2.45) is 5.92 Å². The number of likely N-dealkylation sites (tertiary alicyclic amines) is 1. The average molecular weight is 145 g/mol. The van der Waals surface area contributed by atoms with Crippen molar-refractivity contribution in [2.45, 2.75) is 5.31 Å². The second-order valence-corrected chi connectivity index (χ2v) is 3.66. The van der Waals surface area contributed by atoms with Crippen LogP contribution in [0.3, 0.4) is 0 Å². The molecule has 11 heavy (non-hydrogen) atoms. The number of rotatable bonds is 0. The van der Waals surface area contributed by atoms with Crippen LogP contribution in [0.5, 0.6) is 0 Å². The Morgan fingerprint density at radius 1 is 1.55 bits per heavy atom. The largest absolute Gasteiger partial charge is 0.306 e. The van der Waals surface area contributed by atoms with Crippen molar-refractivity contribution in [1.29, 1.82) is 0 Å². The predicted octanol–water partition coefficient (Wildman–Crippen LogP) is 1.00. The van der Waals surface area contributed by atoms with Crippen molar-refractivity contribution in [3.63, 3.8) is 0 Å². The van der Waals surface area contributed by atoms with E-state index in [1.165, 1.54) is 0 Å². The summed E-state index contributed by atoms with van der Waals surface area (Å²) in [5.74, 6) is 0.525. The third-order valence-corrected chi connectivity index (χ3v) is 2.60. The van der Waals surface area contributed by atoms with Crippen molar-refractivity contribution in [2.75, 3.05) is 20.1 Å². The molecular weight excluding hydrogens is 133 g/mol. The maximum absolute atomic E-state index is 6.18. The standard InChI is InChI=1S/C9H12BN/c1-11-6-8-4-2-3-5-9(8,10)7-11/h2-5,8H,6-7H2,1H3. The number of fused-ring (bicyclic) bond motifs is 1. The van der Waals surface area contributed by atoms with Gasteiger partial charge in [-0.1, -0.05) is 24.3 Å². The second-order valence-electron chi connectivity index (χ2n) is 3.66. The fourth-order valence-electron chi connectivity index (χ4n) is 2.00. The van der Waals surface area contributed by atoms with E-state index in [0.717, 1.165) is 13.1 Å². The molecule has 1 aliphatic heterocycles. The lowest BCUT2D eigenvalue weighted by atomic mass is 9.61. The summed E-state index contributed by atoms with van der Waals surface area (Å²) >= 11 is 0. The van der Waals surface area contributed by atoms with Crippen molar-refractivity contribution < 1.29 is 0 Å². The molecule has 1 fully saturated rings. The first-order chi connectivity index (χ1) is 5.21. The van der Waals surface area contributed by atoms with E-state index in [4.69, 9.17) is 7.85 Å². The normalized spacial score (nSPS) is 42.8. The van der Waals surface area contributed by atoms with Gasteiger partial charge in [-0.3, -0.25) is 0 Å². The van der Waals surface area contributed by atoms with E-state index in [-0.39, 0.29) is 5.31 Å². The SMILES string of the molecule is [B]C12C=CC=CC1CN(C)C2. The van der Waals surface area contributed by atoms with Crippen LogP contribution >= 0.6 is 0 Å². The molecule has 0 aromatic heterocycles. The summed E-state index contributed by atoms with van der Waals surface area (Å²) in [7, 11) is 8.29. The van der Waals surface area contributed by atoms with Crippen LogP contribution in [-0.2, 0) is 0 Å². The third-order valence-electron chi connectivity index (χ3n) is 2.60. The number of hydrogen-bond donors (Lipinski definition) is 0. The molecular formula is C9H12BN. The van der Waals surface area contributed by atoms with Gasteiger partial charge in [-0.05, 0) is 24.8 Å². The zero-order chi connectivity index (χ0) is 7.90. The monoisotopic (exact) mass is 145 g/mol. The maximum atomic E-state index is 6.18. The molecule has 0 amide bonds. The minimum absolute atomic E-state index is 0.0799. The van der Waals surface area contributed by atoms with E-state index < -0.39 is 0 Å². The molecule has 1 nitrogen and oxygen atoms in total. The van der Waals surface area contributed by atoms with Gasteiger partial charge < -0.3 is 4.90 Å². The summed E-state index contributed by atoms with van der Waals surface area (Å²) in [5.41, 5.74) is 0. The second kappa shape index (κ2) is 2.24. The minimum Gasteiger partial charge on any atom is -0.306 e. The molecule has 2 rings (SSSR count). The minimum atomic E-state index is -0.0799. The summed E-state index contributed by atoms with van der Waals surface area (Å²) < 4.78 is 0. The van der Waals surface area contributed by atoms with Gasteiger partial charge in [-0.25, -0.2) is 0 Å². The van der Waals surface area contributed by atoms with E-state index in [1.807, 2.05) is 0 Å². The van der Waals surface area contributed by atoms with Crippen LogP contribution in [0.4, 0.5) is 0 Å². The predicted molar refractivity (Wildman–Crippen MR) is 47.7 cm³/mol. The lowest BCUT2D eigenvalue weighted by Gasteiger charge is -2.27. The molecule has 1 heterocycles. The van der Waals surface area contributed by atoms with Crippen molar-refractivity contribution in [1.82, 2.24) is 4.90 Å². The summed E-state index contributed by atoms with van der Waals surface area (Å²) in [6.07, 6.45) is 8.48. The Labute approximate surface area is 69.2 Å². The molecule has 0 bridgehead atoms. The van der Waals surface area contributed by atoms with E-state index in [2.05, 4.69) is 36.3 Å². The molecule has 0 aromatic rings. The molecule has 0 spiro atoms. The molecule has 2 heteroatoms. The van der Waals surface area contributed by atoms with Gasteiger partial charge in [0.25, 0.3) is 0 Å². The topological polar surface area (TPSA) is 3.24 Å². The first kappa shape index (κ1) is 7.17. The Morgan fingerprint density at radius 2 is 2.36 bits per heavy atom. The van der Waals surface area contributed by atoms with Gasteiger partial charge in [0.05, 0.1) is 7.85 Å². The summed E-state index contributed by atoms with van der Waals surface area (Å²) in [6, 6.07) is 0. The van der Waals surface area contributed by atoms with Crippen LogP contribution in [0.15, 0.2) is 24.3 Å². The van der Waals surface area contributed by atoms with E-state index in [9.17, 15) is 0 Å². The Balaban J connectivity index is 2.27. The quantitative estimate of drug-likeness (QED) is 0.459. The van der Waals surface area contributed by atoms with Crippen LogP contribution in [0.1, 0.15) is 0 Å². The van der Waals surface area contributed by atoms with Gasteiger partial charge in [0.2, 0.25) is 0 Å². The van der Waals surface area contributed by atoms with Gasteiger partial charge in [-0.15, -0.1) is 0 Å². The molecule has 2 aliphatic rings. The van der Waals surface area contributed by atoms with Crippen molar-refractivity contribution in [3.8, 4) is 0 Å². The molecule has 1 aliphatic carbocycles. The van der Waals surface area contributed by atoms with E-state index >= 15 is 0 Å². The van der Waals surface area contributed by atoms with E-state index in [1.54, 1.807) is 0 Å². The summed E-state index contributed by atoms with van der Waals surface area (Å²) in [5, 5.41) is -0.0799. The highest BCUT2D eigenvalue weighted by Crippen LogP contribution is 2.43. The molecule has 0 N–H and O–H groups in total. The van der Waals surface area contributed by atoms with Crippen LogP contribution < -0.4 is 0 Å². The van der Waals surface area contributed by atoms with Gasteiger partial charge in [0.1, 0.15) is 0 Å².